The highest BCUT2D eigenvalue weighted by molar-refractivity contribution is 8.02. The van der Waals surface area contributed by atoms with Crippen LogP contribution in [0.15, 0.2) is 45.9 Å². The lowest BCUT2D eigenvalue weighted by molar-refractivity contribution is 0.409. The molecule has 0 bridgehead atoms. The van der Waals surface area contributed by atoms with Crippen LogP contribution in [-0.2, 0) is 0 Å². The highest BCUT2D eigenvalue weighted by atomic mass is 32.2. The number of hydrogen-bond donors (Lipinski definition) is 0. The molecule has 0 heterocycles. The van der Waals surface area contributed by atoms with Crippen LogP contribution in [0.3, 0.4) is 0 Å². The molecule has 0 N–H and O–H groups in total. The highest BCUT2D eigenvalue weighted by Gasteiger charge is 2.17. The minimum Gasteiger partial charge on any atom is -0.135 e. The van der Waals surface area contributed by atoms with Crippen LogP contribution in [0.2, 0.25) is 0 Å². The van der Waals surface area contributed by atoms with Crippen LogP contribution in [0, 0.1) is 17.8 Å². The summed E-state index contributed by atoms with van der Waals surface area (Å²) in [6.07, 6.45) is 15.2. The van der Waals surface area contributed by atoms with E-state index in [-0.39, 0.29) is 0 Å². The van der Waals surface area contributed by atoms with E-state index in [1.807, 2.05) is 11.8 Å². The van der Waals surface area contributed by atoms with E-state index < -0.39 is 0 Å². The first-order chi connectivity index (χ1) is 11.2. The topological polar surface area (TPSA) is 0 Å². The van der Waals surface area contributed by atoms with Gasteiger partial charge in [-0.05, 0) is 88.4 Å². The van der Waals surface area contributed by atoms with Crippen molar-refractivity contribution in [2.45, 2.75) is 74.7 Å². The summed E-state index contributed by atoms with van der Waals surface area (Å²) in [5.74, 6) is 1.92. The fourth-order valence-corrected chi connectivity index (χ4v) is 3.43. The van der Waals surface area contributed by atoms with Gasteiger partial charge in [-0.1, -0.05) is 56.2 Å². The van der Waals surface area contributed by atoms with Gasteiger partial charge in [0, 0.05) is 0 Å². The highest BCUT2D eigenvalue weighted by Crippen LogP contribution is 2.30. The van der Waals surface area contributed by atoms with Crippen LogP contribution in [0.25, 0.3) is 0 Å². The average Bonchev–Trinajstić information content (AvgIpc) is 2.52. The predicted octanol–water partition coefficient (Wildman–Crippen LogP) is 8.19. The summed E-state index contributed by atoms with van der Waals surface area (Å²) in [6, 6.07) is 0. The molecule has 0 aromatic heterocycles. The molecule has 0 aromatic carbocycles. The van der Waals surface area contributed by atoms with Gasteiger partial charge in [0.25, 0.3) is 0 Å². The van der Waals surface area contributed by atoms with Gasteiger partial charge in [0.05, 0.1) is 0 Å². The maximum atomic E-state index is 2.45. The minimum atomic E-state index is 0.551. The standard InChI is InChI=1S/C23H40S/c1-10-13-22(17(2)3)23(18(4)5)15-12-11-14-19(6)20(7)16-21(8)24-9/h10,13-14,16,18,20,23H,11-12,15H2,1-9H3/b13-10-,19-14?,21-16-. The Morgan fingerprint density at radius 2 is 1.67 bits per heavy atom. The summed E-state index contributed by atoms with van der Waals surface area (Å²) >= 11 is 1.84. The number of rotatable bonds is 10. The minimum absolute atomic E-state index is 0.551. The molecular weight excluding hydrogens is 308 g/mol. The smallest absolute Gasteiger partial charge is 0.00437 e. The van der Waals surface area contributed by atoms with Gasteiger partial charge in [-0.2, -0.15) is 0 Å². The van der Waals surface area contributed by atoms with Crippen LogP contribution in [0.4, 0.5) is 0 Å². The second-order valence-corrected chi connectivity index (χ2v) is 8.51. The van der Waals surface area contributed by atoms with E-state index in [2.05, 4.69) is 85.9 Å². The second-order valence-electron chi connectivity index (χ2n) is 7.46. The van der Waals surface area contributed by atoms with Crippen LogP contribution in [0.5, 0.6) is 0 Å². The first-order valence-electron chi connectivity index (χ1n) is 9.43. The largest absolute Gasteiger partial charge is 0.135 e. The van der Waals surface area contributed by atoms with Crippen molar-refractivity contribution in [3.8, 4) is 0 Å². The Morgan fingerprint density at radius 1 is 1.04 bits per heavy atom. The number of allylic oxidation sites excluding steroid dienone is 8. The maximum absolute atomic E-state index is 2.45. The zero-order valence-electron chi connectivity index (χ0n) is 17.6. The van der Waals surface area contributed by atoms with Crippen LogP contribution in [0.1, 0.15) is 74.7 Å². The lowest BCUT2D eigenvalue weighted by atomic mass is 9.82. The molecule has 0 radical (unpaired) electrons. The Labute approximate surface area is 156 Å². The summed E-state index contributed by atoms with van der Waals surface area (Å²) < 4.78 is 0. The van der Waals surface area contributed by atoms with Crippen molar-refractivity contribution in [2.24, 2.45) is 17.8 Å². The maximum Gasteiger partial charge on any atom is -0.00437 e. The predicted molar refractivity (Wildman–Crippen MR) is 116 cm³/mol. The Balaban J connectivity index is 4.76. The molecule has 0 saturated carbocycles. The molecular formula is C23H40S. The third-order valence-corrected chi connectivity index (χ3v) is 5.62. The molecule has 138 valence electrons. The van der Waals surface area contributed by atoms with Crippen molar-refractivity contribution in [1.29, 1.82) is 0 Å². The average molecular weight is 349 g/mol. The van der Waals surface area contributed by atoms with E-state index >= 15 is 0 Å². The number of hydrogen-bond acceptors (Lipinski definition) is 1. The van der Waals surface area contributed by atoms with Crippen LogP contribution in [-0.4, -0.2) is 6.26 Å². The van der Waals surface area contributed by atoms with E-state index in [0.717, 1.165) is 0 Å². The normalized spacial score (nSPS) is 15.9. The third-order valence-electron chi connectivity index (χ3n) is 4.84. The summed E-state index contributed by atoms with van der Waals surface area (Å²) in [7, 11) is 0. The first kappa shape index (κ1) is 23.3. The molecule has 0 saturated heterocycles. The van der Waals surface area contributed by atoms with Crippen molar-refractivity contribution in [2.75, 3.05) is 6.26 Å². The molecule has 24 heavy (non-hydrogen) atoms. The zero-order chi connectivity index (χ0) is 18.7. The summed E-state index contributed by atoms with van der Waals surface area (Å²) in [4.78, 5) is 1.41. The van der Waals surface area contributed by atoms with E-state index in [1.54, 1.807) is 5.57 Å². The molecule has 1 heteroatoms. The van der Waals surface area contributed by atoms with Gasteiger partial charge in [-0.3, -0.25) is 0 Å². The Bertz CT molecular complexity index is 470. The van der Waals surface area contributed by atoms with Crippen molar-refractivity contribution < 1.29 is 0 Å². The third kappa shape index (κ3) is 8.97. The quantitative estimate of drug-likeness (QED) is 0.218. The molecule has 0 rings (SSSR count). The molecule has 0 aliphatic heterocycles. The SMILES string of the molecule is C/C=C\C(=C(C)C)C(CCCC=C(C)C(C)/C=C(/C)SC)C(C)C. The van der Waals surface area contributed by atoms with Crippen molar-refractivity contribution >= 4 is 11.8 Å². The van der Waals surface area contributed by atoms with Gasteiger partial charge >= 0.3 is 0 Å². The number of unbranched alkanes of at least 4 members (excludes halogenated alkanes) is 1. The second kappa shape index (κ2) is 12.6. The fourth-order valence-electron chi connectivity index (χ4n) is 3.09. The van der Waals surface area contributed by atoms with Gasteiger partial charge in [0.15, 0.2) is 0 Å². The summed E-state index contributed by atoms with van der Waals surface area (Å²) in [5.41, 5.74) is 4.50. The Kier molecular flexibility index (Phi) is 12.3. The molecule has 0 aliphatic rings. The van der Waals surface area contributed by atoms with Gasteiger partial charge < -0.3 is 0 Å². The summed E-state index contributed by atoms with van der Waals surface area (Å²) in [5, 5.41) is 0. The Hall–Kier alpha value is -0.690. The molecule has 0 aromatic rings. The molecule has 0 nitrogen and oxygen atoms in total. The zero-order valence-corrected chi connectivity index (χ0v) is 18.4. The van der Waals surface area contributed by atoms with E-state index in [4.69, 9.17) is 0 Å². The molecule has 0 spiro atoms. The van der Waals surface area contributed by atoms with Crippen LogP contribution >= 0.6 is 11.8 Å². The van der Waals surface area contributed by atoms with Gasteiger partial charge in [0.2, 0.25) is 0 Å². The van der Waals surface area contributed by atoms with Crippen LogP contribution < -0.4 is 0 Å². The Morgan fingerprint density at radius 3 is 2.12 bits per heavy atom. The van der Waals surface area contributed by atoms with Crippen molar-refractivity contribution in [1.82, 2.24) is 0 Å². The monoisotopic (exact) mass is 348 g/mol. The first-order valence-corrected chi connectivity index (χ1v) is 10.7. The van der Waals surface area contributed by atoms with Gasteiger partial charge in [-0.25, -0.2) is 0 Å². The lowest BCUT2D eigenvalue weighted by Crippen LogP contribution is -2.12. The number of thioether (sulfide) groups is 1. The molecule has 2 atom stereocenters. The van der Waals surface area contributed by atoms with Crippen molar-refractivity contribution in [3.05, 3.63) is 45.9 Å². The van der Waals surface area contributed by atoms with Gasteiger partial charge in [-0.15, -0.1) is 11.8 Å². The molecule has 0 amide bonds. The summed E-state index contributed by atoms with van der Waals surface area (Å²) in [6.45, 7) is 18.1. The van der Waals surface area contributed by atoms with E-state index in [0.29, 0.717) is 17.8 Å². The lowest BCUT2D eigenvalue weighted by Gasteiger charge is -2.24. The molecule has 0 fully saturated rings. The van der Waals surface area contributed by atoms with Gasteiger partial charge in [0.1, 0.15) is 0 Å². The molecule has 0 aliphatic carbocycles. The fraction of sp³-hybridized carbons (Fsp3) is 0.652. The van der Waals surface area contributed by atoms with E-state index in [1.165, 1.54) is 35.3 Å². The van der Waals surface area contributed by atoms with E-state index in [9.17, 15) is 0 Å². The molecule has 2 unspecified atom stereocenters. The van der Waals surface area contributed by atoms with Crippen molar-refractivity contribution in [3.63, 3.8) is 0 Å².